The number of morpholine rings is 1. The third-order valence-electron chi connectivity index (χ3n) is 4.01. The number of para-hydroxylation sites is 1. The molecule has 122 valence electrons. The zero-order valence-electron chi connectivity index (χ0n) is 13.9. The number of rotatable bonds is 5. The smallest absolute Gasteiger partial charge is 0.191 e. The van der Waals surface area contributed by atoms with Crippen LogP contribution >= 0.6 is 0 Å². The lowest BCUT2D eigenvalue weighted by Crippen LogP contribution is -2.42. The Labute approximate surface area is 133 Å². The second kappa shape index (κ2) is 8.63. The molecule has 0 spiro atoms. The van der Waals surface area contributed by atoms with Crippen LogP contribution in [-0.4, -0.2) is 45.4 Å². The van der Waals surface area contributed by atoms with Crippen molar-refractivity contribution in [2.24, 2.45) is 4.99 Å². The average molecular weight is 304 g/mol. The normalized spacial score (nSPS) is 17.2. The van der Waals surface area contributed by atoms with Crippen LogP contribution in [0.25, 0.3) is 0 Å². The number of nitrogens with one attached hydrogen (secondary N) is 2. The van der Waals surface area contributed by atoms with E-state index in [9.17, 15) is 0 Å². The molecule has 1 unspecified atom stereocenters. The number of nitrogens with zero attached hydrogens (tertiary/aromatic N) is 2. The quantitative estimate of drug-likeness (QED) is 0.645. The van der Waals surface area contributed by atoms with Gasteiger partial charge in [0.2, 0.25) is 0 Å². The first-order chi connectivity index (χ1) is 10.7. The van der Waals surface area contributed by atoms with Crippen LogP contribution in [0, 0.1) is 0 Å². The molecule has 0 aromatic heterocycles. The van der Waals surface area contributed by atoms with Gasteiger partial charge in [-0.2, -0.15) is 0 Å². The molecule has 0 radical (unpaired) electrons. The summed E-state index contributed by atoms with van der Waals surface area (Å²) in [5, 5.41) is 6.80. The van der Waals surface area contributed by atoms with Gasteiger partial charge < -0.3 is 20.3 Å². The molecular weight excluding hydrogens is 276 g/mol. The third kappa shape index (κ3) is 4.63. The monoisotopic (exact) mass is 304 g/mol. The molecule has 1 aromatic rings. The van der Waals surface area contributed by atoms with Crippen LogP contribution in [-0.2, 0) is 11.3 Å². The summed E-state index contributed by atoms with van der Waals surface area (Å²) < 4.78 is 5.45. The molecule has 1 fully saturated rings. The fourth-order valence-electron chi connectivity index (χ4n) is 2.48. The van der Waals surface area contributed by atoms with Crippen LogP contribution < -0.4 is 15.5 Å². The minimum atomic E-state index is 0.417. The predicted molar refractivity (Wildman–Crippen MR) is 92.6 cm³/mol. The van der Waals surface area contributed by atoms with E-state index in [0.29, 0.717) is 6.04 Å². The first kappa shape index (κ1) is 16.6. The maximum Gasteiger partial charge on any atom is 0.191 e. The van der Waals surface area contributed by atoms with Crippen molar-refractivity contribution in [1.29, 1.82) is 0 Å². The molecule has 0 bridgehead atoms. The number of guanidine groups is 1. The van der Waals surface area contributed by atoms with Gasteiger partial charge in [0.1, 0.15) is 0 Å². The molecule has 22 heavy (non-hydrogen) atoms. The minimum absolute atomic E-state index is 0.417. The summed E-state index contributed by atoms with van der Waals surface area (Å²) in [6.45, 7) is 8.61. The fourth-order valence-corrected chi connectivity index (χ4v) is 2.48. The number of anilines is 1. The van der Waals surface area contributed by atoms with Crippen LogP contribution in [0.3, 0.4) is 0 Å². The summed E-state index contributed by atoms with van der Waals surface area (Å²) >= 11 is 0. The van der Waals surface area contributed by atoms with E-state index in [1.54, 1.807) is 0 Å². The Morgan fingerprint density at radius 1 is 1.32 bits per heavy atom. The summed E-state index contributed by atoms with van der Waals surface area (Å²) in [6.07, 6.45) is 1.07. The summed E-state index contributed by atoms with van der Waals surface area (Å²) in [6, 6.07) is 8.97. The molecule has 0 saturated carbocycles. The van der Waals surface area contributed by atoms with Gasteiger partial charge in [-0.3, -0.25) is 4.99 Å². The lowest BCUT2D eigenvalue weighted by molar-refractivity contribution is 0.122. The van der Waals surface area contributed by atoms with Gasteiger partial charge in [-0.1, -0.05) is 25.1 Å². The molecule has 5 heteroatoms. The molecular formula is C17H28N4O. The summed E-state index contributed by atoms with van der Waals surface area (Å²) in [5.41, 5.74) is 2.58. The van der Waals surface area contributed by atoms with Gasteiger partial charge >= 0.3 is 0 Å². The van der Waals surface area contributed by atoms with Crippen molar-refractivity contribution in [2.75, 3.05) is 38.3 Å². The molecule has 5 nitrogen and oxygen atoms in total. The highest BCUT2D eigenvalue weighted by atomic mass is 16.5. The number of hydrogen-bond acceptors (Lipinski definition) is 3. The standard InChI is InChI=1S/C17H28N4O/c1-4-14(2)20-17(18-3)19-13-15-7-5-6-8-16(15)21-9-11-22-12-10-21/h5-8,14H,4,9-13H2,1-3H3,(H2,18,19,20). The molecule has 1 aliphatic rings. The second-order valence-corrected chi connectivity index (χ2v) is 5.61. The highest BCUT2D eigenvalue weighted by Gasteiger charge is 2.14. The summed E-state index contributed by atoms with van der Waals surface area (Å²) in [4.78, 5) is 6.69. The van der Waals surface area contributed by atoms with Gasteiger partial charge in [0, 0.05) is 38.4 Å². The molecule has 1 atom stereocenters. The highest BCUT2D eigenvalue weighted by Crippen LogP contribution is 2.21. The second-order valence-electron chi connectivity index (χ2n) is 5.61. The van der Waals surface area contributed by atoms with Crippen molar-refractivity contribution in [3.05, 3.63) is 29.8 Å². The van der Waals surface area contributed by atoms with E-state index in [-0.39, 0.29) is 0 Å². The zero-order valence-corrected chi connectivity index (χ0v) is 13.9. The Kier molecular flexibility index (Phi) is 6.52. The molecule has 1 saturated heterocycles. The largest absolute Gasteiger partial charge is 0.378 e. The van der Waals surface area contributed by atoms with E-state index in [4.69, 9.17) is 4.74 Å². The van der Waals surface area contributed by atoms with Gasteiger partial charge in [-0.15, -0.1) is 0 Å². The van der Waals surface area contributed by atoms with E-state index in [2.05, 4.69) is 58.6 Å². The number of hydrogen-bond donors (Lipinski definition) is 2. The highest BCUT2D eigenvalue weighted by molar-refractivity contribution is 5.80. The van der Waals surface area contributed by atoms with E-state index in [0.717, 1.165) is 45.2 Å². The van der Waals surface area contributed by atoms with Crippen molar-refractivity contribution in [3.63, 3.8) is 0 Å². The SMILES string of the molecule is CCC(C)NC(=NC)NCc1ccccc1N1CCOCC1. The molecule has 1 aromatic carbocycles. The minimum Gasteiger partial charge on any atom is -0.378 e. The summed E-state index contributed by atoms with van der Waals surface area (Å²) in [7, 11) is 1.81. The van der Waals surface area contributed by atoms with Crippen molar-refractivity contribution in [1.82, 2.24) is 10.6 Å². The fraction of sp³-hybridized carbons (Fsp3) is 0.588. The van der Waals surface area contributed by atoms with Crippen LogP contribution in [0.5, 0.6) is 0 Å². The Hall–Kier alpha value is -1.75. The van der Waals surface area contributed by atoms with Gasteiger partial charge in [0.15, 0.2) is 5.96 Å². The van der Waals surface area contributed by atoms with Crippen LogP contribution in [0.2, 0.25) is 0 Å². The van der Waals surface area contributed by atoms with Crippen molar-refractivity contribution < 1.29 is 4.74 Å². The Bertz CT molecular complexity index is 483. The number of benzene rings is 1. The first-order valence-electron chi connectivity index (χ1n) is 8.12. The Morgan fingerprint density at radius 3 is 2.73 bits per heavy atom. The first-order valence-corrected chi connectivity index (χ1v) is 8.12. The number of ether oxygens (including phenoxy) is 1. The van der Waals surface area contributed by atoms with Gasteiger partial charge in [-0.05, 0) is 25.0 Å². The van der Waals surface area contributed by atoms with E-state index >= 15 is 0 Å². The van der Waals surface area contributed by atoms with Crippen molar-refractivity contribution in [3.8, 4) is 0 Å². The van der Waals surface area contributed by atoms with Gasteiger partial charge in [-0.25, -0.2) is 0 Å². The molecule has 2 rings (SSSR count). The third-order valence-corrected chi connectivity index (χ3v) is 4.01. The van der Waals surface area contributed by atoms with E-state index < -0.39 is 0 Å². The van der Waals surface area contributed by atoms with Crippen molar-refractivity contribution >= 4 is 11.6 Å². The topological polar surface area (TPSA) is 48.9 Å². The molecule has 2 N–H and O–H groups in total. The predicted octanol–water partition coefficient (Wildman–Crippen LogP) is 1.99. The van der Waals surface area contributed by atoms with Gasteiger partial charge in [0.05, 0.1) is 13.2 Å². The molecule has 1 aliphatic heterocycles. The van der Waals surface area contributed by atoms with Crippen LogP contribution in [0.15, 0.2) is 29.3 Å². The Morgan fingerprint density at radius 2 is 2.05 bits per heavy atom. The van der Waals surface area contributed by atoms with Gasteiger partial charge in [0.25, 0.3) is 0 Å². The van der Waals surface area contributed by atoms with E-state index in [1.807, 2.05) is 7.05 Å². The maximum atomic E-state index is 5.45. The lowest BCUT2D eigenvalue weighted by atomic mass is 10.1. The Balaban J connectivity index is 2.00. The molecule has 0 aliphatic carbocycles. The summed E-state index contributed by atoms with van der Waals surface area (Å²) in [5.74, 6) is 0.853. The van der Waals surface area contributed by atoms with Crippen molar-refractivity contribution in [2.45, 2.75) is 32.9 Å². The maximum absolute atomic E-state index is 5.45. The molecule has 0 amide bonds. The van der Waals surface area contributed by atoms with Crippen LogP contribution in [0.1, 0.15) is 25.8 Å². The zero-order chi connectivity index (χ0) is 15.8. The lowest BCUT2D eigenvalue weighted by Gasteiger charge is -2.30. The van der Waals surface area contributed by atoms with E-state index in [1.165, 1.54) is 11.3 Å². The average Bonchev–Trinajstić information content (AvgIpc) is 2.59. The van der Waals surface area contributed by atoms with Crippen LogP contribution in [0.4, 0.5) is 5.69 Å². The molecule has 1 heterocycles. The number of aliphatic imine (C=N–C) groups is 1.